The van der Waals surface area contributed by atoms with Gasteiger partial charge in [-0.3, -0.25) is 4.90 Å². The molecule has 0 radical (unpaired) electrons. The Morgan fingerprint density at radius 2 is 1.67 bits per heavy atom. The Labute approximate surface area is 275 Å². The van der Waals surface area contributed by atoms with Crippen LogP contribution in [0.3, 0.4) is 0 Å². The molecule has 12 heteroatoms. The van der Waals surface area contributed by atoms with Crippen molar-refractivity contribution in [1.29, 1.82) is 0 Å². The highest BCUT2D eigenvalue weighted by Crippen LogP contribution is 2.28. The molecule has 0 aliphatic carbocycles. The first-order chi connectivity index (χ1) is 21.1. The third kappa shape index (κ3) is 9.69. The average Bonchev–Trinajstić information content (AvgIpc) is 2.95. The van der Waals surface area contributed by atoms with Crippen molar-refractivity contribution in [3.8, 4) is 11.3 Å². The minimum Gasteiger partial charge on any atom is -0.458 e. The lowest BCUT2D eigenvalue weighted by molar-refractivity contribution is -0.162. The topological polar surface area (TPSA) is 132 Å². The Morgan fingerprint density at radius 3 is 2.33 bits per heavy atom. The molecule has 1 saturated heterocycles. The fourth-order valence-electron chi connectivity index (χ4n) is 4.93. The molecule has 2 atom stereocenters. The first-order valence-corrected chi connectivity index (χ1v) is 15.7. The van der Waals surface area contributed by atoms with Gasteiger partial charge in [0, 0.05) is 46.8 Å². The van der Waals surface area contributed by atoms with Gasteiger partial charge in [0.2, 0.25) is 0 Å². The Kier molecular flexibility index (Phi) is 10.8. The number of hydrogen-bond acceptors (Lipinski definition) is 9. The number of benzene rings is 2. The van der Waals surface area contributed by atoms with Gasteiger partial charge in [0.25, 0.3) is 0 Å². The minimum absolute atomic E-state index is 0.0198. The standard InChI is InChI=1S/C33H42Cl2N6O4/c1-32(2,3)44-30(42)27-16-22(13-14-41(27)31(43)45-33(4,5)6)37-17-20-9-7-10-21(15-20)26-19-38-28(36)29(40-26)39-18-23-24(34)11-8-12-25(23)35/h7-12,15,19,22,27,37H,13-14,16-18H2,1-6H3,(H2,36,38)(H,39,40)/t22?,27-/m1/s1. The number of nitrogens with two attached hydrogens (primary N) is 1. The first kappa shape index (κ1) is 34.3. The van der Waals surface area contributed by atoms with Crippen LogP contribution in [0, 0.1) is 0 Å². The number of nitrogen functional groups attached to an aromatic ring is 1. The first-order valence-electron chi connectivity index (χ1n) is 14.9. The summed E-state index contributed by atoms with van der Waals surface area (Å²) >= 11 is 12.6. The summed E-state index contributed by atoms with van der Waals surface area (Å²) in [5.74, 6) is 0.249. The maximum absolute atomic E-state index is 13.2. The smallest absolute Gasteiger partial charge is 0.411 e. The highest BCUT2D eigenvalue weighted by Gasteiger charge is 2.40. The molecule has 10 nitrogen and oxygen atoms in total. The van der Waals surface area contributed by atoms with E-state index in [1.807, 2.05) is 45.0 Å². The number of nitrogens with one attached hydrogen (secondary N) is 2. The van der Waals surface area contributed by atoms with E-state index in [9.17, 15) is 9.59 Å². The number of rotatable bonds is 8. The van der Waals surface area contributed by atoms with Crippen LogP contribution in [0.25, 0.3) is 11.3 Å². The van der Waals surface area contributed by atoms with Gasteiger partial charge in [-0.15, -0.1) is 0 Å². The Hall–Kier alpha value is -3.60. The van der Waals surface area contributed by atoms with Crippen LogP contribution >= 0.6 is 23.2 Å². The molecule has 2 heterocycles. The van der Waals surface area contributed by atoms with Gasteiger partial charge >= 0.3 is 12.1 Å². The summed E-state index contributed by atoms with van der Waals surface area (Å²) in [6, 6.07) is 12.5. The maximum Gasteiger partial charge on any atom is 0.411 e. The van der Waals surface area contributed by atoms with Crippen LogP contribution in [0.4, 0.5) is 16.4 Å². The van der Waals surface area contributed by atoms with E-state index in [0.717, 1.165) is 16.7 Å². The molecule has 4 N–H and O–H groups in total. The van der Waals surface area contributed by atoms with Crippen molar-refractivity contribution in [2.24, 2.45) is 0 Å². The Bertz CT molecular complexity index is 1500. The molecule has 0 spiro atoms. The van der Waals surface area contributed by atoms with Crippen LogP contribution in [-0.4, -0.2) is 56.8 Å². The second kappa shape index (κ2) is 14.2. The molecule has 0 saturated carbocycles. The number of hydrogen-bond donors (Lipinski definition) is 3. The number of aromatic nitrogens is 2. The van der Waals surface area contributed by atoms with Crippen molar-refractivity contribution >= 4 is 46.9 Å². The van der Waals surface area contributed by atoms with Crippen LogP contribution in [-0.2, 0) is 27.4 Å². The highest BCUT2D eigenvalue weighted by molar-refractivity contribution is 6.36. The van der Waals surface area contributed by atoms with Gasteiger partial charge < -0.3 is 25.8 Å². The average molecular weight is 658 g/mol. The summed E-state index contributed by atoms with van der Waals surface area (Å²) in [4.78, 5) is 36.7. The molecular weight excluding hydrogens is 615 g/mol. The van der Waals surface area contributed by atoms with Crippen LogP contribution in [0.15, 0.2) is 48.7 Å². The van der Waals surface area contributed by atoms with Gasteiger partial charge in [-0.25, -0.2) is 19.6 Å². The van der Waals surface area contributed by atoms with Crippen molar-refractivity contribution in [2.45, 2.75) is 90.8 Å². The van der Waals surface area contributed by atoms with Crippen molar-refractivity contribution in [2.75, 3.05) is 17.6 Å². The monoisotopic (exact) mass is 656 g/mol. The maximum atomic E-state index is 13.2. The second-order valence-electron chi connectivity index (χ2n) is 13.1. The Morgan fingerprint density at radius 1 is 1.00 bits per heavy atom. The molecule has 1 fully saturated rings. The van der Waals surface area contributed by atoms with E-state index in [0.29, 0.717) is 54.0 Å². The van der Waals surface area contributed by atoms with E-state index >= 15 is 0 Å². The number of carbonyl (C=O) groups excluding carboxylic acids is 2. The predicted octanol–water partition coefficient (Wildman–Crippen LogP) is 6.84. The third-order valence-electron chi connectivity index (χ3n) is 7.02. The van der Waals surface area contributed by atoms with Crippen molar-refractivity contribution in [3.05, 3.63) is 69.8 Å². The lowest BCUT2D eigenvalue weighted by atomic mass is 9.96. The van der Waals surface area contributed by atoms with Crippen molar-refractivity contribution in [3.63, 3.8) is 0 Å². The third-order valence-corrected chi connectivity index (χ3v) is 7.73. The Balaban J connectivity index is 1.44. The fourth-order valence-corrected chi connectivity index (χ4v) is 5.46. The molecule has 1 aliphatic heterocycles. The number of anilines is 2. The quantitative estimate of drug-likeness (QED) is 0.223. The zero-order valence-electron chi connectivity index (χ0n) is 26.6. The van der Waals surface area contributed by atoms with Gasteiger partial charge in [-0.2, -0.15) is 0 Å². The largest absolute Gasteiger partial charge is 0.458 e. The molecular formula is C33H42Cl2N6O4. The molecule has 1 amide bonds. The van der Waals surface area contributed by atoms with E-state index < -0.39 is 29.3 Å². The lowest BCUT2D eigenvalue weighted by Gasteiger charge is -2.39. The SMILES string of the molecule is CC(C)(C)OC(=O)[C@H]1CC(NCc2cccc(-c3cnc(N)c(NCc4c(Cl)cccc4Cl)n3)c2)CCN1C(=O)OC(C)(C)C. The number of nitrogens with zero attached hydrogens (tertiary/aromatic N) is 3. The number of carbonyl (C=O) groups is 2. The van der Waals surface area contributed by atoms with Crippen LogP contribution < -0.4 is 16.4 Å². The minimum atomic E-state index is -0.756. The molecule has 4 rings (SSSR count). The van der Waals surface area contributed by atoms with Crippen LogP contribution in [0.2, 0.25) is 10.0 Å². The molecule has 1 aliphatic rings. The summed E-state index contributed by atoms with van der Waals surface area (Å²) in [5, 5.41) is 7.86. The lowest BCUT2D eigenvalue weighted by Crippen LogP contribution is -2.56. The molecule has 242 valence electrons. The molecule has 45 heavy (non-hydrogen) atoms. The summed E-state index contributed by atoms with van der Waals surface area (Å²) in [5.41, 5.74) is 8.04. The van der Waals surface area contributed by atoms with E-state index in [-0.39, 0.29) is 11.9 Å². The number of amides is 1. The zero-order valence-corrected chi connectivity index (χ0v) is 28.1. The molecule has 1 unspecified atom stereocenters. The van der Waals surface area contributed by atoms with E-state index in [1.54, 1.807) is 45.2 Å². The molecule has 3 aromatic rings. The normalized spacial score (nSPS) is 17.1. The second-order valence-corrected chi connectivity index (χ2v) is 13.9. The number of esters is 1. The van der Waals surface area contributed by atoms with E-state index in [2.05, 4.69) is 15.6 Å². The van der Waals surface area contributed by atoms with Crippen LogP contribution in [0.5, 0.6) is 0 Å². The molecule has 0 bridgehead atoms. The van der Waals surface area contributed by atoms with Gasteiger partial charge in [0.15, 0.2) is 11.6 Å². The molecule has 1 aromatic heterocycles. The van der Waals surface area contributed by atoms with Crippen LogP contribution in [0.1, 0.15) is 65.5 Å². The summed E-state index contributed by atoms with van der Waals surface area (Å²) in [6.07, 6.45) is 2.18. The summed E-state index contributed by atoms with van der Waals surface area (Å²) in [6.45, 7) is 12.1. The van der Waals surface area contributed by atoms with E-state index in [1.165, 1.54) is 4.90 Å². The number of piperidine rings is 1. The summed E-state index contributed by atoms with van der Waals surface area (Å²) < 4.78 is 11.3. The zero-order chi connectivity index (χ0) is 32.9. The summed E-state index contributed by atoms with van der Waals surface area (Å²) in [7, 11) is 0. The molecule has 2 aromatic carbocycles. The number of halogens is 2. The fraction of sp³-hybridized carbons (Fsp3) is 0.455. The van der Waals surface area contributed by atoms with Gasteiger partial charge in [0.05, 0.1) is 11.9 Å². The number of ether oxygens (including phenoxy) is 2. The van der Waals surface area contributed by atoms with Crippen molar-refractivity contribution in [1.82, 2.24) is 20.2 Å². The van der Waals surface area contributed by atoms with Gasteiger partial charge in [0.1, 0.15) is 17.2 Å². The number of likely N-dealkylation sites (tertiary alicyclic amines) is 1. The van der Waals surface area contributed by atoms with Crippen molar-refractivity contribution < 1.29 is 19.1 Å². The van der Waals surface area contributed by atoms with Gasteiger partial charge in [-0.05, 0) is 78.1 Å². The van der Waals surface area contributed by atoms with Gasteiger partial charge in [-0.1, -0.05) is 47.5 Å². The highest BCUT2D eigenvalue weighted by atomic mass is 35.5. The predicted molar refractivity (Wildman–Crippen MR) is 178 cm³/mol. The van der Waals surface area contributed by atoms with E-state index in [4.69, 9.17) is 43.4 Å².